The summed E-state index contributed by atoms with van der Waals surface area (Å²) < 4.78 is 13.1. The highest BCUT2D eigenvalue weighted by molar-refractivity contribution is 14.1. The van der Waals surface area contributed by atoms with Crippen molar-refractivity contribution in [2.24, 2.45) is 34.5 Å². The van der Waals surface area contributed by atoms with Gasteiger partial charge in [0, 0.05) is 21.8 Å². The SMILES string of the molecule is CC(=O)O[C@@H]1CC[C@@]2(C)[C@H](C1)C[C@@H](OC(=O)Cc1cccc(I)c1)[C@@H]1[C@H]2CC[C@@]2(C)[C@@H]1CC[C@]2(O)C(C)=O. The molecule has 9 atom stereocenters. The fraction of sp³-hybridized carbons (Fsp3) is 0.710. The van der Waals surface area contributed by atoms with Crippen molar-refractivity contribution in [2.45, 2.75) is 103 Å². The Bertz CT molecular complexity index is 1120. The van der Waals surface area contributed by atoms with Crippen molar-refractivity contribution in [3.8, 4) is 0 Å². The number of esters is 2. The number of rotatable bonds is 5. The third kappa shape index (κ3) is 4.63. The van der Waals surface area contributed by atoms with Gasteiger partial charge in [0.25, 0.3) is 0 Å². The van der Waals surface area contributed by atoms with Crippen LogP contribution in [0.5, 0.6) is 0 Å². The van der Waals surface area contributed by atoms with Crippen LogP contribution in [0.25, 0.3) is 0 Å². The lowest BCUT2D eigenvalue weighted by Gasteiger charge is -2.63. The number of aliphatic hydroxyl groups is 1. The van der Waals surface area contributed by atoms with Crippen LogP contribution >= 0.6 is 22.6 Å². The lowest BCUT2D eigenvalue weighted by Crippen LogP contribution is -2.62. The van der Waals surface area contributed by atoms with Crippen molar-refractivity contribution >= 4 is 40.3 Å². The van der Waals surface area contributed by atoms with E-state index in [0.717, 1.165) is 54.1 Å². The van der Waals surface area contributed by atoms with E-state index in [1.54, 1.807) is 0 Å². The molecule has 0 spiro atoms. The monoisotopic (exact) mass is 636 g/mol. The van der Waals surface area contributed by atoms with Gasteiger partial charge in [-0.1, -0.05) is 26.0 Å². The van der Waals surface area contributed by atoms with Crippen LogP contribution in [0.15, 0.2) is 24.3 Å². The van der Waals surface area contributed by atoms with E-state index < -0.39 is 11.0 Å². The van der Waals surface area contributed by atoms with Gasteiger partial charge in [0.05, 0.1) is 6.42 Å². The summed E-state index contributed by atoms with van der Waals surface area (Å²) >= 11 is 2.25. The van der Waals surface area contributed by atoms with Crippen LogP contribution in [0.3, 0.4) is 0 Å². The Morgan fingerprint density at radius 2 is 1.74 bits per heavy atom. The molecule has 0 saturated heterocycles. The number of benzene rings is 1. The van der Waals surface area contributed by atoms with Crippen molar-refractivity contribution in [1.29, 1.82) is 0 Å². The second kappa shape index (κ2) is 10.2. The van der Waals surface area contributed by atoms with Gasteiger partial charge < -0.3 is 14.6 Å². The first-order valence-corrected chi connectivity index (χ1v) is 15.3. The van der Waals surface area contributed by atoms with Gasteiger partial charge in [0.2, 0.25) is 0 Å². The van der Waals surface area contributed by atoms with Crippen LogP contribution in [-0.4, -0.2) is 40.6 Å². The van der Waals surface area contributed by atoms with E-state index in [1.807, 2.05) is 24.3 Å². The molecule has 0 aromatic heterocycles. The highest BCUT2D eigenvalue weighted by Gasteiger charge is 2.68. The molecule has 6 nitrogen and oxygen atoms in total. The van der Waals surface area contributed by atoms with Crippen LogP contribution in [0.1, 0.15) is 84.6 Å². The van der Waals surface area contributed by atoms with Gasteiger partial charge in [0.1, 0.15) is 17.8 Å². The fourth-order valence-electron chi connectivity index (χ4n) is 9.24. The zero-order chi connectivity index (χ0) is 27.5. The number of Topliss-reactive ketones (excluding diaryl/α,β-unsaturated/α-hetero) is 1. The molecule has 5 rings (SSSR count). The van der Waals surface area contributed by atoms with Gasteiger partial charge in [-0.3, -0.25) is 14.4 Å². The molecule has 1 aromatic carbocycles. The van der Waals surface area contributed by atoms with Crippen LogP contribution in [0.4, 0.5) is 0 Å². The molecule has 208 valence electrons. The Hall–Kier alpha value is -1.48. The Morgan fingerprint density at radius 3 is 2.42 bits per heavy atom. The quantitative estimate of drug-likeness (QED) is 0.332. The Kier molecular flexibility index (Phi) is 7.51. The zero-order valence-electron chi connectivity index (χ0n) is 23.0. The molecular formula is C31H41IO6. The first-order valence-electron chi connectivity index (χ1n) is 14.2. The summed E-state index contributed by atoms with van der Waals surface area (Å²) in [6, 6.07) is 7.92. The molecular weight excluding hydrogens is 595 g/mol. The molecule has 1 aromatic rings. The van der Waals surface area contributed by atoms with E-state index in [9.17, 15) is 19.5 Å². The molecule has 0 radical (unpaired) electrons. The normalized spacial score (nSPS) is 41.8. The van der Waals surface area contributed by atoms with Gasteiger partial charge in [-0.15, -0.1) is 0 Å². The number of ketones is 1. The molecule has 4 aliphatic carbocycles. The molecule has 38 heavy (non-hydrogen) atoms. The van der Waals surface area contributed by atoms with Gasteiger partial charge in [0.15, 0.2) is 5.78 Å². The summed E-state index contributed by atoms with van der Waals surface area (Å²) in [7, 11) is 0. The first-order chi connectivity index (χ1) is 17.9. The standard InChI is InChI=1S/C31H41IO6/c1-18(33)31(36)13-10-25-28-24(9-12-30(25,31)4)29(3)11-8-23(37-19(2)34)16-21(29)17-26(28)38-27(35)15-20-6-5-7-22(32)14-20/h5-7,14,21,23-26,28,36H,8-13,15-17H2,1-4H3/t21-,23-,24-,25-,26-,28-,29+,30+,31+/m1/s1. The van der Waals surface area contributed by atoms with Crippen molar-refractivity contribution in [1.82, 2.24) is 0 Å². The van der Waals surface area contributed by atoms with Gasteiger partial charge >= 0.3 is 11.9 Å². The van der Waals surface area contributed by atoms with Crippen LogP contribution in [-0.2, 0) is 30.3 Å². The summed E-state index contributed by atoms with van der Waals surface area (Å²) in [6.07, 6.45) is 6.17. The van der Waals surface area contributed by atoms with Crippen molar-refractivity contribution < 1.29 is 29.0 Å². The number of carbonyl (C=O) groups excluding carboxylic acids is 3. The maximum atomic E-state index is 13.3. The average molecular weight is 637 g/mol. The molecule has 4 aliphatic rings. The summed E-state index contributed by atoms with van der Waals surface area (Å²) in [5, 5.41) is 11.6. The minimum atomic E-state index is -1.32. The smallest absolute Gasteiger partial charge is 0.310 e. The van der Waals surface area contributed by atoms with Gasteiger partial charge in [-0.25, -0.2) is 0 Å². The molecule has 0 aliphatic heterocycles. The predicted octanol–water partition coefficient (Wildman–Crippen LogP) is 5.65. The lowest BCUT2D eigenvalue weighted by molar-refractivity contribution is -0.207. The number of ether oxygens (including phenoxy) is 2. The summed E-state index contributed by atoms with van der Waals surface area (Å²) in [4.78, 5) is 37.8. The molecule has 0 unspecified atom stereocenters. The maximum absolute atomic E-state index is 13.3. The van der Waals surface area contributed by atoms with Crippen molar-refractivity contribution in [2.75, 3.05) is 0 Å². The fourth-order valence-corrected chi connectivity index (χ4v) is 9.85. The number of fused-ring (bicyclic) bond motifs is 5. The van der Waals surface area contributed by atoms with Crippen LogP contribution in [0, 0.1) is 38.1 Å². The van der Waals surface area contributed by atoms with E-state index in [-0.39, 0.29) is 59.5 Å². The molecule has 1 N–H and O–H groups in total. The third-order valence-corrected chi connectivity index (χ3v) is 11.9. The van der Waals surface area contributed by atoms with Crippen LogP contribution < -0.4 is 0 Å². The van der Waals surface area contributed by atoms with E-state index in [2.05, 4.69) is 36.4 Å². The van der Waals surface area contributed by atoms with Gasteiger partial charge in [-0.05, 0) is 122 Å². The topological polar surface area (TPSA) is 89.9 Å². The van der Waals surface area contributed by atoms with Gasteiger partial charge in [-0.2, -0.15) is 0 Å². The second-order valence-corrected chi connectivity index (χ2v) is 14.2. The van der Waals surface area contributed by atoms with E-state index in [1.165, 1.54) is 13.8 Å². The summed E-state index contributed by atoms with van der Waals surface area (Å²) in [5.74, 6) is 0.240. The molecule has 4 fully saturated rings. The van der Waals surface area contributed by atoms with Crippen molar-refractivity contribution in [3.63, 3.8) is 0 Å². The van der Waals surface area contributed by atoms with E-state index in [4.69, 9.17) is 9.47 Å². The number of halogens is 1. The van der Waals surface area contributed by atoms with Crippen molar-refractivity contribution in [3.05, 3.63) is 33.4 Å². The highest BCUT2D eigenvalue weighted by Crippen LogP contribution is 2.68. The Labute approximate surface area is 239 Å². The number of hydrogen-bond donors (Lipinski definition) is 1. The van der Waals surface area contributed by atoms with E-state index >= 15 is 0 Å². The van der Waals surface area contributed by atoms with E-state index in [0.29, 0.717) is 12.3 Å². The third-order valence-electron chi connectivity index (χ3n) is 11.2. The molecule has 0 heterocycles. The minimum Gasteiger partial charge on any atom is -0.463 e. The maximum Gasteiger partial charge on any atom is 0.310 e. The zero-order valence-corrected chi connectivity index (χ0v) is 25.2. The second-order valence-electron chi connectivity index (χ2n) is 13.0. The largest absolute Gasteiger partial charge is 0.463 e. The Balaban J connectivity index is 1.46. The number of carbonyl (C=O) groups is 3. The molecule has 7 heteroatoms. The first kappa shape index (κ1) is 28.1. The number of hydrogen-bond acceptors (Lipinski definition) is 6. The Morgan fingerprint density at radius 1 is 1.00 bits per heavy atom. The minimum absolute atomic E-state index is 0.0536. The average Bonchev–Trinajstić information content (AvgIpc) is 3.11. The molecule has 0 bridgehead atoms. The summed E-state index contributed by atoms with van der Waals surface area (Å²) in [6.45, 7) is 7.47. The molecule has 0 amide bonds. The molecule has 4 saturated carbocycles. The van der Waals surface area contributed by atoms with Crippen LogP contribution in [0.2, 0.25) is 0 Å². The lowest BCUT2D eigenvalue weighted by atomic mass is 9.43. The highest BCUT2D eigenvalue weighted by atomic mass is 127. The summed E-state index contributed by atoms with van der Waals surface area (Å²) in [5.41, 5.74) is -0.842. The predicted molar refractivity (Wildman–Crippen MR) is 151 cm³/mol.